The molecule has 0 fully saturated rings. The van der Waals surface area contributed by atoms with Crippen molar-refractivity contribution in [2.75, 3.05) is 6.54 Å². The zero-order chi connectivity index (χ0) is 14.8. The number of hydrogen-bond donors (Lipinski definition) is 1. The molecule has 0 amide bonds. The van der Waals surface area contributed by atoms with E-state index < -0.39 is 0 Å². The minimum atomic E-state index is 0.794. The Balaban J connectivity index is 2.15. The van der Waals surface area contributed by atoms with Crippen LogP contribution in [0.15, 0.2) is 24.3 Å². The molecule has 1 N–H and O–H groups in total. The number of unbranched alkanes of at least 4 members (excludes halogenated alkanes) is 1. The van der Waals surface area contributed by atoms with E-state index in [2.05, 4.69) is 57.3 Å². The number of hydrogen-bond acceptors (Lipinski definition) is 1. The molecular formula is C19H33N. The molecule has 1 aromatic carbocycles. The Bertz CT molecular complexity index is 337. The molecule has 1 nitrogen and oxygen atoms in total. The van der Waals surface area contributed by atoms with E-state index in [9.17, 15) is 0 Å². The van der Waals surface area contributed by atoms with Gasteiger partial charge in [-0.1, -0.05) is 64.8 Å². The molecule has 0 aliphatic carbocycles. The summed E-state index contributed by atoms with van der Waals surface area (Å²) in [7, 11) is 0. The van der Waals surface area contributed by atoms with Crippen LogP contribution in [0, 0.1) is 11.8 Å². The molecule has 20 heavy (non-hydrogen) atoms. The molecule has 0 aromatic heterocycles. The van der Waals surface area contributed by atoms with Crippen LogP contribution >= 0.6 is 0 Å². The van der Waals surface area contributed by atoms with Crippen molar-refractivity contribution in [2.24, 2.45) is 11.8 Å². The third kappa shape index (κ3) is 8.37. The molecule has 114 valence electrons. The van der Waals surface area contributed by atoms with Crippen LogP contribution in [0.4, 0.5) is 0 Å². The molecule has 0 unspecified atom stereocenters. The Morgan fingerprint density at radius 3 is 2.00 bits per heavy atom. The van der Waals surface area contributed by atoms with Gasteiger partial charge in [-0.3, -0.25) is 0 Å². The maximum atomic E-state index is 3.55. The van der Waals surface area contributed by atoms with Crippen molar-refractivity contribution in [3.8, 4) is 0 Å². The third-order valence-corrected chi connectivity index (χ3v) is 3.75. The fourth-order valence-corrected chi connectivity index (χ4v) is 2.31. The number of nitrogens with one attached hydrogen (secondary N) is 1. The van der Waals surface area contributed by atoms with E-state index in [0.717, 1.165) is 24.9 Å². The van der Waals surface area contributed by atoms with Crippen LogP contribution < -0.4 is 5.32 Å². The first-order chi connectivity index (χ1) is 9.58. The highest BCUT2D eigenvalue weighted by atomic mass is 14.8. The lowest BCUT2D eigenvalue weighted by Gasteiger charge is -2.08. The fraction of sp³-hybridized carbons (Fsp3) is 0.684. The highest BCUT2D eigenvalue weighted by Gasteiger charge is 1.98. The minimum Gasteiger partial charge on any atom is -0.313 e. The van der Waals surface area contributed by atoms with E-state index in [4.69, 9.17) is 0 Å². The van der Waals surface area contributed by atoms with E-state index >= 15 is 0 Å². The first-order valence-corrected chi connectivity index (χ1v) is 8.36. The zero-order valence-corrected chi connectivity index (χ0v) is 13.9. The SMILES string of the molecule is CC(C)CCCCNCc1ccc(CCC(C)C)cc1. The molecule has 0 saturated heterocycles. The predicted molar refractivity (Wildman–Crippen MR) is 90.0 cm³/mol. The van der Waals surface area contributed by atoms with Crippen LogP contribution in [0.1, 0.15) is 64.5 Å². The van der Waals surface area contributed by atoms with Gasteiger partial charge in [-0.05, 0) is 48.8 Å². The summed E-state index contributed by atoms with van der Waals surface area (Å²) in [6.07, 6.45) is 6.49. The van der Waals surface area contributed by atoms with Gasteiger partial charge < -0.3 is 5.32 Å². The summed E-state index contributed by atoms with van der Waals surface area (Å²) in [6.45, 7) is 11.3. The van der Waals surface area contributed by atoms with E-state index in [1.165, 1.54) is 43.2 Å². The lowest BCUT2D eigenvalue weighted by molar-refractivity contribution is 0.520. The van der Waals surface area contributed by atoms with Crippen molar-refractivity contribution >= 4 is 0 Å². The standard InChI is InChI=1S/C19H33N/c1-16(2)7-5-6-14-20-15-19-12-10-18(11-13-19)9-8-17(3)4/h10-13,16-17,20H,5-9,14-15H2,1-4H3. The third-order valence-electron chi connectivity index (χ3n) is 3.75. The number of aryl methyl sites for hydroxylation is 1. The molecule has 0 radical (unpaired) electrons. The average molecular weight is 275 g/mol. The van der Waals surface area contributed by atoms with Gasteiger partial charge in [-0.2, -0.15) is 0 Å². The van der Waals surface area contributed by atoms with Gasteiger partial charge >= 0.3 is 0 Å². The number of rotatable bonds is 10. The van der Waals surface area contributed by atoms with Crippen LogP contribution in [0.3, 0.4) is 0 Å². The van der Waals surface area contributed by atoms with Gasteiger partial charge in [0.25, 0.3) is 0 Å². The van der Waals surface area contributed by atoms with Gasteiger partial charge in [0, 0.05) is 6.54 Å². The van der Waals surface area contributed by atoms with Crippen LogP contribution in [-0.2, 0) is 13.0 Å². The summed E-state index contributed by atoms with van der Waals surface area (Å²) in [5, 5.41) is 3.55. The van der Waals surface area contributed by atoms with Crippen LogP contribution in [-0.4, -0.2) is 6.54 Å². The topological polar surface area (TPSA) is 12.0 Å². The summed E-state index contributed by atoms with van der Waals surface area (Å²) in [5.74, 6) is 1.63. The first-order valence-electron chi connectivity index (χ1n) is 8.36. The second-order valence-electron chi connectivity index (χ2n) is 6.82. The van der Waals surface area contributed by atoms with Gasteiger partial charge in [-0.15, -0.1) is 0 Å². The van der Waals surface area contributed by atoms with Gasteiger partial charge in [0.2, 0.25) is 0 Å². The van der Waals surface area contributed by atoms with Crippen LogP contribution in [0.5, 0.6) is 0 Å². The van der Waals surface area contributed by atoms with Crippen molar-refractivity contribution in [3.63, 3.8) is 0 Å². The van der Waals surface area contributed by atoms with E-state index in [1.54, 1.807) is 0 Å². The molecule has 0 aliphatic rings. The Morgan fingerprint density at radius 2 is 1.40 bits per heavy atom. The smallest absolute Gasteiger partial charge is 0.0205 e. The monoisotopic (exact) mass is 275 g/mol. The lowest BCUT2D eigenvalue weighted by Crippen LogP contribution is -2.14. The molecule has 0 spiro atoms. The Hall–Kier alpha value is -0.820. The van der Waals surface area contributed by atoms with Crippen LogP contribution in [0.25, 0.3) is 0 Å². The largest absolute Gasteiger partial charge is 0.313 e. The molecule has 1 rings (SSSR count). The zero-order valence-electron chi connectivity index (χ0n) is 13.9. The van der Waals surface area contributed by atoms with Gasteiger partial charge in [0.1, 0.15) is 0 Å². The summed E-state index contributed by atoms with van der Waals surface area (Å²) in [6, 6.07) is 9.13. The molecular weight excluding hydrogens is 242 g/mol. The normalized spacial score (nSPS) is 11.5. The molecule has 0 bridgehead atoms. The second-order valence-corrected chi connectivity index (χ2v) is 6.82. The maximum absolute atomic E-state index is 3.55. The molecule has 1 aromatic rings. The Kier molecular flexibility index (Phi) is 8.60. The summed E-state index contributed by atoms with van der Waals surface area (Å²) in [4.78, 5) is 0. The molecule has 0 aliphatic heterocycles. The number of benzene rings is 1. The summed E-state index contributed by atoms with van der Waals surface area (Å²) < 4.78 is 0. The highest BCUT2D eigenvalue weighted by molar-refractivity contribution is 5.22. The van der Waals surface area contributed by atoms with Crippen molar-refractivity contribution in [3.05, 3.63) is 35.4 Å². The molecule has 0 atom stereocenters. The quantitative estimate of drug-likeness (QED) is 0.579. The van der Waals surface area contributed by atoms with Gasteiger partial charge in [-0.25, -0.2) is 0 Å². The van der Waals surface area contributed by atoms with Crippen LogP contribution in [0.2, 0.25) is 0 Å². The van der Waals surface area contributed by atoms with E-state index in [1.807, 2.05) is 0 Å². The highest BCUT2D eigenvalue weighted by Crippen LogP contribution is 2.10. The molecule has 0 heterocycles. The van der Waals surface area contributed by atoms with Gasteiger partial charge in [0.05, 0.1) is 0 Å². The lowest BCUT2D eigenvalue weighted by atomic mass is 10.0. The predicted octanol–water partition coefficient (Wildman–Crippen LogP) is 5.19. The van der Waals surface area contributed by atoms with Crippen molar-refractivity contribution in [2.45, 2.75) is 66.3 Å². The van der Waals surface area contributed by atoms with Crippen molar-refractivity contribution < 1.29 is 0 Å². The second kappa shape index (κ2) is 9.99. The fourth-order valence-electron chi connectivity index (χ4n) is 2.31. The average Bonchev–Trinajstić information content (AvgIpc) is 2.41. The van der Waals surface area contributed by atoms with E-state index in [0.29, 0.717) is 0 Å². The summed E-state index contributed by atoms with van der Waals surface area (Å²) >= 11 is 0. The molecule has 1 heteroatoms. The van der Waals surface area contributed by atoms with Crippen molar-refractivity contribution in [1.29, 1.82) is 0 Å². The maximum Gasteiger partial charge on any atom is 0.0205 e. The Morgan fingerprint density at radius 1 is 0.800 bits per heavy atom. The van der Waals surface area contributed by atoms with Crippen molar-refractivity contribution in [1.82, 2.24) is 5.32 Å². The summed E-state index contributed by atoms with van der Waals surface area (Å²) in [5.41, 5.74) is 2.88. The molecule has 0 saturated carbocycles. The van der Waals surface area contributed by atoms with E-state index in [-0.39, 0.29) is 0 Å². The minimum absolute atomic E-state index is 0.794. The Labute approximate surface area is 126 Å². The first kappa shape index (κ1) is 17.2. The van der Waals surface area contributed by atoms with Gasteiger partial charge in [0.15, 0.2) is 0 Å².